The number of carbonyl (C=O) groups is 3. The van der Waals surface area contributed by atoms with E-state index in [1.54, 1.807) is 19.9 Å². The first-order chi connectivity index (χ1) is 14.8. The van der Waals surface area contributed by atoms with Gasteiger partial charge in [0.25, 0.3) is 11.8 Å². The van der Waals surface area contributed by atoms with Gasteiger partial charge in [-0.05, 0) is 25.0 Å². The second-order valence-electron chi connectivity index (χ2n) is 7.23. The van der Waals surface area contributed by atoms with Crippen LogP contribution < -0.4 is 10.6 Å². The number of esters is 1. The zero-order valence-corrected chi connectivity index (χ0v) is 18.2. The number of furan rings is 1. The molecule has 1 unspecified atom stereocenters. The summed E-state index contributed by atoms with van der Waals surface area (Å²) in [6, 6.07) is 10.0. The zero-order valence-electron chi connectivity index (χ0n) is 17.4. The summed E-state index contributed by atoms with van der Waals surface area (Å²) in [5.74, 6) is -1.91. The predicted octanol–water partition coefficient (Wildman–Crippen LogP) is 3.65. The minimum atomic E-state index is -0.918. The topological polar surface area (TPSA) is 111 Å². The van der Waals surface area contributed by atoms with Gasteiger partial charge in [0.1, 0.15) is 6.04 Å². The van der Waals surface area contributed by atoms with E-state index < -0.39 is 30.4 Å². The molecule has 0 spiro atoms. The summed E-state index contributed by atoms with van der Waals surface area (Å²) in [5, 5.41) is 7.43. The molecule has 0 fully saturated rings. The summed E-state index contributed by atoms with van der Waals surface area (Å²) < 4.78 is 10.1. The molecule has 3 aromatic rings. The third-order valence-electron chi connectivity index (χ3n) is 4.40. The van der Waals surface area contributed by atoms with Crippen LogP contribution in [0.25, 0.3) is 11.3 Å². The second kappa shape index (κ2) is 10.0. The lowest BCUT2D eigenvalue weighted by atomic mass is 10.0. The largest absolute Gasteiger partial charge is 0.459 e. The van der Waals surface area contributed by atoms with Gasteiger partial charge in [0.05, 0.1) is 12.0 Å². The lowest BCUT2D eigenvalue weighted by Gasteiger charge is -2.20. The molecule has 1 aromatic carbocycles. The van der Waals surface area contributed by atoms with E-state index in [0.29, 0.717) is 5.13 Å². The molecule has 31 heavy (non-hydrogen) atoms. The SMILES string of the molecule is Cc1ccc(-c2csc(NC(=O)COC(=O)C(NC(=O)c3ccco3)C(C)C)n2)cc1. The minimum absolute atomic E-state index is 0.0874. The molecule has 3 rings (SSSR count). The van der Waals surface area contributed by atoms with Gasteiger partial charge in [-0.3, -0.25) is 14.9 Å². The highest BCUT2D eigenvalue weighted by Gasteiger charge is 2.27. The number of amides is 2. The molecule has 0 radical (unpaired) electrons. The number of carbonyl (C=O) groups excluding carboxylic acids is 3. The van der Waals surface area contributed by atoms with Gasteiger partial charge in [-0.1, -0.05) is 43.7 Å². The molecule has 8 nitrogen and oxygen atoms in total. The molecule has 2 heterocycles. The Balaban J connectivity index is 1.52. The normalized spacial score (nSPS) is 11.7. The van der Waals surface area contributed by atoms with Crippen molar-refractivity contribution >= 4 is 34.3 Å². The quantitative estimate of drug-likeness (QED) is 0.516. The molecule has 1 atom stereocenters. The van der Waals surface area contributed by atoms with Crippen LogP contribution in [-0.4, -0.2) is 35.4 Å². The number of anilines is 1. The summed E-state index contributed by atoms with van der Waals surface area (Å²) >= 11 is 1.28. The van der Waals surface area contributed by atoms with Crippen LogP contribution in [-0.2, 0) is 14.3 Å². The highest BCUT2D eigenvalue weighted by Crippen LogP contribution is 2.25. The first-order valence-corrected chi connectivity index (χ1v) is 10.5. The van der Waals surface area contributed by atoms with Crippen LogP contribution in [0.3, 0.4) is 0 Å². The molecule has 0 aliphatic heterocycles. The van der Waals surface area contributed by atoms with Gasteiger partial charge < -0.3 is 14.5 Å². The smallest absolute Gasteiger partial charge is 0.329 e. The predicted molar refractivity (Wildman–Crippen MR) is 117 cm³/mol. The Labute approximate surface area is 183 Å². The molecule has 162 valence electrons. The van der Waals surface area contributed by atoms with Crippen LogP contribution >= 0.6 is 11.3 Å². The van der Waals surface area contributed by atoms with Gasteiger partial charge in [0, 0.05) is 10.9 Å². The van der Waals surface area contributed by atoms with Gasteiger partial charge in [-0.15, -0.1) is 11.3 Å². The Morgan fingerprint density at radius 3 is 2.55 bits per heavy atom. The highest BCUT2D eigenvalue weighted by molar-refractivity contribution is 7.14. The molecule has 0 saturated carbocycles. The van der Waals surface area contributed by atoms with Crippen molar-refractivity contribution in [3.8, 4) is 11.3 Å². The zero-order chi connectivity index (χ0) is 22.4. The van der Waals surface area contributed by atoms with Crippen molar-refractivity contribution in [2.75, 3.05) is 11.9 Å². The third-order valence-corrected chi connectivity index (χ3v) is 5.15. The number of ether oxygens (including phenoxy) is 1. The Morgan fingerprint density at radius 1 is 1.16 bits per heavy atom. The van der Waals surface area contributed by atoms with Gasteiger partial charge in [-0.2, -0.15) is 0 Å². The number of nitrogens with zero attached hydrogens (tertiary/aromatic N) is 1. The maximum Gasteiger partial charge on any atom is 0.329 e. The van der Waals surface area contributed by atoms with E-state index in [2.05, 4.69) is 15.6 Å². The number of nitrogens with one attached hydrogen (secondary N) is 2. The molecule has 9 heteroatoms. The van der Waals surface area contributed by atoms with Gasteiger partial charge in [0.15, 0.2) is 17.5 Å². The van der Waals surface area contributed by atoms with Crippen molar-refractivity contribution in [2.24, 2.45) is 5.92 Å². The first kappa shape index (κ1) is 22.2. The summed E-state index contributed by atoms with van der Waals surface area (Å²) in [4.78, 5) is 41.1. The van der Waals surface area contributed by atoms with E-state index in [9.17, 15) is 14.4 Å². The van der Waals surface area contributed by atoms with Crippen LogP contribution in [0.1, 0.15) is 30.0 Å². The number of hydrogen-bond acceptors (Lipinski definition) is 7. The van der Waals surface area contributed by atoms with E-state index in [1.807, 2.05) is 36.6 Å². The van der Waals surface area contributed by atoms with Crippen molar-refractivity contribution in [1.29, 1.82) is 0 Å². The monoisotopic (exact) mass is 441 g/mol. The van der Waals surface area contributed by atoms with Gasteiger partial charge in [-0.25, -0.2) is 9.78 Å². The van der Waals surface area contributed by atoms with Crippen molar-refractivity contribution < 1.29 is 23.5 Å². The average Bonchev–Trinajstić information content (AvgIpc) is 3.43. The van der Waals surface area contributed by atoms with Crippen molar-refractivity contribution in [2.45, 2.75) is 26.8 Å². The van der Waals surface area contributed by atoms with Crippen molar-refractivity contribution in [1.82, 2.24) is 10.3 Å². The first-order valence-electron chi connectivity index (χ1n) is 9.67. The fraction of sp³-hybridized carbons (Fsp3) is 0.273. The minimum Gasteiger partial charge on any atom is -0.459 e. The molecule has 2 N–H and O–H groups in total. The number of thiazole rings is 1. The van der Waals surface area contributed by atoms with Gasteiger partial charge in [0.2, 0.25) is 0 Å². The van der Waals surface area contributed by atoms with Crippen LogP contribution in [0.5, 0.6) is 0 Å². The fourth-order valence-electron chi connectivity index (χ4n) is 2.69. The van der Waals surface area contributed by atoms with Gasteiger partial charge >= 0.3 is 5.97 Å². The Bertz CT molecular complexity index is 1040. The number of benzene rings is 1. The van der Waals surface area contributed by atoms with E-state index in [4.69, 9.17) is 9.15 Å². The number of aromatic nitrogens is 1. The van der Waals surface area contributed by atoms with Crippen molar-refractivity contribution in [3.63, 3.8) is 0 Å². The number of hydrogen-bond donors (Lipinski definition) is 2. The van der Waals surface area contributed by atoms with Crippen molar-refractivity contribution in [3.05, 3.63) is 59.4 Å². The molecule has 2 amide bonds. The molecule has 0 saturated heterocycles. The molecular weight excluding hydrogens is 418 g/mol. The van der Waals surface area contributed by atoms with Crippen LogP contribution in [0.4, 0.5) is 5.13 Å². The fourth-order valence-corrected chi connectivity index (χ4v) is 3.42. The molecular formula is C22H23N3O5S. The lowest BCUT2D eigenvalue weighted by molar-refractivity contribution is -0.150. The molecule has 0 aliphatic rings. The van der Waals surface area contributed by atoms with E-state index >= 15 is 0 Å². The second-order valence-corrected chi connectivity index (χ2v) is 8.09. The molecule has 2 aromatic heterocycles. The Morgan fingerprint density at radius 2 is 1.90 bits per heavy atom. The number of aryl methyl sites for hydroxylation is 1. The molecule has 0 aliphatic carbocycles. The summed E-state index contributed by atoms with van der Waals surface area (Å²) in [5.41, 5.74) is 2.84. The van der Waals surface area contributed by atoms with E-state index in [0.717, 1.165) is 16.8 Å². The Hall–Kier alpha value is -3.46. The molecule has 0 bridgehead atoms. The highest BCUT2D eigenvalue weighted by atomic mass is 32.1. The summed E-state index contributed by atoms with van der Waals surface area (Å²) in [6.45, 7) is 5.04. The van der Waals surface area contributed by atoms with Crippen LogP contribution in [0.15, 0.2) is 52.5 Å². The maximum atomic E-state index is 12.4. The van der Waals surface area contributed by atoms with Crippen LogP contribution in [0.2, 0.25) is 0 Å². The Kier molecular flexibility index (Phi) is 7.19. The number of rotatable bonds is 8. The third kappa shape index (κ3) is 6.02. The summed E-state index contributed by atoms with van der Waals surface area (Å²) in [7, 11) is 0. The van der Waals surface area contributed by atoms with E-state index in [1.165, 1.54) is 23.7 Å². The van der Waals surface area contributed by atoms with Crippen LogP contribution in [0, 0.1) is 12.8 Å². The lowest BCUT2D eigenvalue weighted by Crippen LogP contribution is -2.45. The average molecular weight is 442 g/mol. The summed E-state index contributed by atoms with van der Waals surface area (Å²) in [6.07, 6.45) is 1.37. The standard InChI is InChI=1S/C22H23N3O5S/c1-13(2)19(25-20(27)17-5-4-10-29-17)21(28)30-11-18(26)24-22-23-16(12-31-22)15-8-6-14(3)7-9-15/h4-10,12-13,19H,11H2,1-3H3,(H,25,27)(H,23,24,26). The maximum absolute atomic E-state index is 12.4. The van der Waals surface area contributed by atoms with E-state index in [-0.39, 0.29) is 11.7 Å².